The average Bonchev–Trinajstić information content (AvgIpc) is 2.29. The summed E-state index contributed by atoms with van der Waals surface area (Å²) in [5.74, 6) is 1.56. The lowest BCUT2D eigenvalue weighted by Gasteiger charge is -2.26. The summed E-state index contributed by atoms with van der Waals surface area (Å²) in [5.41, 5.74) is 0. The zero-order valence-electron chi connectivity index (χ0n) is 9.53. The SMILES string of the molecule is CC(=O)NCCC1COc2cc(I)ccc2O1. The number of hydrogen-bond donors (Lipinski definition) is 1. The van der Waals surface area contributed by atoms with Gasteiger partial charge in [0.25, 0.3) is 0 Å². The van der Waals surface area contributed by atoms with E-state index in [9.17, 15) is 4.79 Å². The lowest BCUT2D eigenvalue weighted by atomic mass is 10.2. The van der Waals surface area contributed by atoms with Gasteiger partial charge < -0.3 is 14.8 Å². The zero-order valence-corrected chi connectivity index (χ0v) is 11.7. The molecule has 1 heterocycles. The van der Waals surface area contributed by atoms with E-state index in [2.05, 4.69) is 27.9 Å². The van der Waals surface area contributed by atoms with Crippen LogP contribution in [0.2, 0.25) is 0 Å². The summed E-state index contributed by atoms with van der Waals surface area (Å²) < 4.78 is 12.5. The minimum atomic E-state index is -0.0170. The van der Waals surface area contributed by atoms with Crippen molar-refractivity contribution in [1.29, 1.82) is 0 Å². The molecule has 1 atom stereocenters. The number of halogens is 1. The van der Waals surface area contributed by atoms with Crippen LogP contribution < -0.4 is 14.8 Å². The second-order valence-electron chi connectivity index (χ2n) is 3.91. The second-order valence-corrected chi connectivity index (χ2v) is 5.16. The molecule has 0 radical (unpaired) electrons. The smallest absolute Gasteiger partial charge is 0.216 e. The molecular weight excluding hydrogens is 333 g/mol. The molecule has 17 heavy (non-hydrogen) atoms. The van der Waals surface area contributed by atoms with Crippen LogP contribution in [0.4, 0.5) is 0 Å². The summed E-state index contributed by atoms with van der Waals surface area (Å²) in [6.07, 6.45) is 0.764. The molecule has 5 heteroatoms. The van der Waals surface area contributed by atoms with Crippen molar-refractivity contribution in [3.8, 4) is 11.5 Å². The first-order chi connectivity index (χ1) is 8.15. The van der Waals surface area contributed by atoms with E-state index in [0.29, 0.717) is 13.2 Å². The molecule has 1 N–H and O–H groups in total. The maximum atomic E-state index is 10.7. The minimum Gasteiger partial charge on any atom is -0.486 e. The molecule has 2 rings (SSSR count). The predicted molar refractivity (Wildman–Crippen MR) is 72.4 cm³/mol. The van der Waals surface area contributed by atoms with E-state index < -0.39 is 0 Å². The highest BCUT2D eigenvalue weighted by molar-refractivity contribution is 14.1. The van der Waals surface area contributed by atoms with Gasteiger partial charge in [-0.3, -0.25) is 4.79 Å². The van der Waals surface area contributed by atoms with Gasteiger partial charge in [-0.25, -0.2) is 0 Å². The maximum Gasteiger partial charge on any atom is 0.216 e. The predicted octanol–water partition coefficient (Wildman–Crippen LogP) is 1.96. The number of benzene rings is 1. The van der Waals surface area contributed by atoms with Crippen molar-refractivity contribution in [3.63, 3.8) is 0 Å². The van der Waals surface area contributed by atoms with Crippen LogP contribution in [-0.4, -0.2) is 25.2 Å². The van der Waals surface area contributed by atoms with Gasteiger partial charge in [-0.2, -0.15) is 0 Å². The normalized spacial score (nSPS) is 17.6. The van der Waals surface area contributed by atoms with Gasteiger partial charge in [0.05, 0.1) is 0 Å². The number of fused-ring (bicyclic) bond motifs is 1. The summed E-state index contributed by atoms with van der Waals surface area (Å²) in [6.45, 7) is 2.66. The van der Waals surface area contributed by atoms with Gasteiger partial charge in [-0.05, 0) is 40.8 Å². The molecule has 1 aromatic carbocycles. The van der Waals surface area contributed by atoms with Gasteiger partial charge in [-0.15, -0.1) is 0 Å². The molecule has 0 bridgehead atoms. The Bertz CT molecular complexity index is 422. The van der Waals surface area contributed by atoms with Crippen molar-refractivity contribution in [1.82, 2.24) is 5.32 Å². The fourth-order valence-electron chi connectivity index (χ4n) is 1.64. The van der Waals surface area contributed by atoms with Crippen molar-refractivity contribution in [2.75, 3.05) is 13.2 Å². The molecule has 92 valence electrons. The fraction of sp³-hybridized carbons (Fsp3) is 0.417. The van der Waals surface area contributed by atoms with E-state index in [4.69, 9.17) is 9.47 Å². The first-order valence-electron chi connectivity index (χ1n) is 5.48. The monoisotopic (exact) mass is 347 g/mol. The lowest BCUT2D eigenvalue weighted by Crippen LogP contribution is -2.33. The highest BCUT2D eigenvalue weighted by Crippen LogP contribution is 2.33. The summed E-state index contributed by atoms with van der Waals surface area (Å²) >= 11 is 2.24. The van der Waals surface area contributed by atoms with E-state index >= 15 is 0 Å². The molecule has 1 aromatic rings. The van der Waals surface area contributed by atoms with Gasteiger partial charge in [0, 0.05) is 23.5 Å². The summed E-state index contributed by atoms with van der Waals surface area (Å²) in [7, 11) is 0. The van der Waals surface area contributed by atoms with Crippen LogP contribution in [0.3, 0.4) is 0 Å². The molecule has 0 saturated heterocycles. The third-order valence-corrected chi connectivity index (χ3v) is 3.14. The van der Waals surface area contributed by atoms with Crippen LogP contribution in [0.1, 0.15) is 13.3 Å². The summed E-state index contributed by atoms with van der Waals surface area (Å²) in [6, 6.07) is 5.86. The molecule has 4 nitrogen and oxygen atoms in total. The number of ether oxygens (including phenoxy) is 2. The van der Waals surface area contributed by atoms with Gasteiger partial charge in [0.2, 0.25) is 5.91 Å². The number of rotatable bonds is 3. The molecule has 1 amide bonds. The Labute approximate surface area is 114 Å². The molecule has 1 aliphatic heterocycles. The molecule has 0 spiro atoms. The largest absolute Gasteiger partial charge is 0.486 e. The minimum absolute atomic E-state index is 0.00871. The highest BCUT2D eigenvalue weighted by atomic mass is 127. The molecule has 1 aliphatic rings. The van der Waals surface area contributed by atoms with E-state index in [1.807, 2.05) is 18.2 Å². The molecule has 0 saturated carbocycles. The number of carbonyl (C=O) groups is 1. The quantitative estimate of drug-likeness (QED) is 0.851. The van der Waals surface area contributed by atoms with E-state index in [-0.39, 0.29) is 12.0 Å². The maximum absolute atomic E-state index is 10.7. The Morgan fingerprint density at radius 1 is 1.53 bits per heavy atom. The number of amides is 1. The number of nitrogens with one attached hydrogen (secondary N) is 1. The molecule has 0 aliphatic carbocycles. The van der Waals surface area contributed by atoms with Crippen molar-refractivity contribution in [2.24, 2.45) is 0 Å². The van der Waals surface area contributed by atoms with Crippen LogP contribution in [0.5, 0.6) is 11.5 Å². The Kier molecular flexibility index (Phi) is 4.09. The van der Waals surface area contributed by atoms with Crippen LogP contribution in [-0.2, 0) is 4.79 Å². The fourth-order valence-corrected chi connectivity index (χ4v) is 2.10. The van der Waals surface area contributed by atoms with Gasteiger partial charge in [0.1, 0.15) is 12.7 Å². The summed E-state index contributed by atoms with van der Waals surface area (Å²) in [5, 5.41) is 2.75. The highest BCUT2D eigenvalue weighted by Gasteiger charge is 2.20. The van der Waals surface area contributed by atoms with Crippen molar-refractivity contribution in [2.45, 2.75) is 19.4 Å². The Morgan fingerprint density at radius 2 is 2.35 bits per heavy atom. The summed E-state index contributed by atoms with van der Waals surface area (Å²) in [4.78, 5) is 10.7. The Hall–Kier alpha value is -0.980. The van der Waals surface area contributed by atoms with Crippen LogP contribution in [0.25, 0.3) is 0 Å². The third kappa shape index (κ3) is 3.49. The lowest BCUT2D eigenvalue weighted by molar-refractivity contribution is -0.119. The molecule has 0 aromatic heterocycles. The third-order valence-electron chi connectivity index (χ3n) is 2.46. The van der Waals surface area contributed by atoms with Gasteiger partial charge in [0.15, 0.2) is 11.5 Å². The van der Waals surface area contributed by atoms with Gasteiger partial charge >= 0.3 is 0 Å². The Balaban J connectivity index is 1.90. The van der Waals surface area contributed by atoms with Crippen LogP contribution >= 0.6 is 22.6 Å². The average molecular weight is 347 g/mol. The van der Waals surface area contributed by atoms with E-state index in [0.717, 1.165) is 21.5 Å². The second kappa shape index (κ2) is 5.57. The van der Waals surface area contributed by atoms with E-state index in [1.165, 1.54) is 6.92 Å². The van der Waals surface area contributed by atoms with Crippen molar-refractivity contribution >= 4 is 28.5 Å². The molecular formula is C12H14INO3. The molecule has 1 unspecified atom stereocenters. The molecule has 0 fully saturated rings. The first kappa shape index (κ1) is 12.5. The topological polar surface area (TPSA) is 47.6 Å². The van der Waals surface area contributed by atoms with Crippen molar-refractivity contribution < 1.29 is 14.3 Å². The Morgan fingerprint density at radius 3 is 3.12 bits per heavy atom. The first-order valence-corrected chi connectivity index (χ1v) is 6.56. The van der Waals surface area contributed by atoms with E-state index in [1.54, 1.807) is 0 Å². The van der Waals surface area contributed by atoms with Gasteiger partial charge in [-0.1, -0.05) is 0 Å². The standard InChI is InChI=1S/C12H14INO3/c1-8(15)14-5-4-10-7-16-12-6-9(13)2-3-11(12)17-10/h2-3,6,10H,4-5,7H2,1H3,(H,14,15). The number of hydrogen-bond acceptors (Lipinski definition) is 3. The van der Waals surface area contributed by atoms with Crippen LogP contribution in [0.15, 0.2) is 18.2 Å². The van der Waals surface area contributed by atoms with Crippen LogP contribution in [0, 0.1) is 3.57 Å². The zero-order chi connectivity index (χ0) is 12.3. The number of carbonyl (C=O) groups excluding carboxylic acids is 1. The van der Waals surface area contributed by atoms with Crippen molar-refractivity contribution in [3.05, 3.63) is 21.8 Å².